The van der Waals surface area contributed by atoms with Crippen molar-refractivity contribution in [1.82, 2.24) is 9.97 Å². The first-order valence-electron chi connectivity index (χ1n) is 5.60. The summed E-state index contributed by atoms with van der Waals surface area (Å²) in [5.41, 5.74) is 3.45. The van der Waals surface area contributed by atoms with Gasteiger partial charge in [-0.3, -0.25) is 9.78 Å². The van der Waals surface area contributed by atoms with Crippen LogP contribution in [0.5, 0.6) is 0 Å². The molecular formula is C13H15N3O. The molecule has 0 saturated carbocycles. The monoisotopic (exact) mass is 229 g/mol. The molecule has 0 fully saturated rings. The Labute approximate surface area is 99.7 Å². The number of hydrogen-bond acceptors (Lipinski definition) is 3. The quantitative estimate of drug-likeness (QED) is 0.848. The molecule has 0 amide bonds. The van der Waals surface area contributed by atoms with Crippen molar-refractivity contribution in [2.24, 2.45) is 0 Å². The van der Waals surface area contributed by atoms with Gasteiger partial charge in [-0.2, -0.15) is 0 Å². The third-order valence-electron chi connectivity index (χ3n) is 2.60. The van der Waals surface area contributed by atoms with Crippen LogP contribution in [0.15, 0.2) is 35.4 Å². The zero-order chi connectivity index (χ0) is 12.3. The first kappa shape index (κ1) is 11.4. The number of H-pyrrole nitrogens is 1. The standard InChI is InChI=1S/C13H15N3O/c1-3-15-12-8-11(9(2)16-13(12)17)10-4-6-14-7-5-10/h4-8,15H,3H2,1-2H3,(H,16,17). The van der Waals surface area contributed by atoms with E-state index in [9.17, 15) is 4.79 Å². The van der Waals surface area contributed by atoms with Crippen molar-refractivity contribution in [1.29, 1.82) is 0 Å². The molecule has 0 saturated heterocycles. The third kappa shape index (κ3) is 2.36. The molecule has 0 spiro atoms. The van der Waals surface area contributed by atoms with Crippen LogP contribution in [0, 0.1) is 6.92 Å². The van der Waals surface area contributed by atoms with E-state index in [1.165, 1.54) is 0 Å². The molecule has 0 aliphatic heterocycles. The summed E-state index contributed by atoms with van der Waals surface area (Å²) in [4.78, 5) is 18.5. The van der Waals surface area contributed by atoms with Gasteiger partial charge >= 0.3 is 0 Å². The van der Waals surface area contributed by atoms with Crippen molar-refractivity contribution < 1.29 is 0 Å². The number of aromatic nitrogens is 2. The first-order valence-corrected chi connectivity index (χ1v) is 5.60. The number of rotatable bonds is 3. The number of nitrogens with zero attached hydrogens (tertiary/aromatic N) is 1. The van der Waals surface area contributed by atoms with Crippen molar-refractivity contribution >= 4 is 5.69 Å². The highest BCUT2D eigenvalue weighted by molar-refractivity contribution is 5.69. The normalized spacial score (nSPS) is 10.2. The Balaban J connectivity index is 2.55. The second-order valence-corrected chi connectivity index (χ2v) is 3.82. The molecule has 0 radical (unpaired) electrons. The highest BCUT2D eigenvalue weighted by atomic mass is 16.1. The molecule has 0 aliphatic carbocycles. The van der Waals surface area contributed by atoms with Crippen LogP contribution in [0.25, 0.3) is 11.1 Å². The lowest BCUT2D eigenvalue weighted by molar-refractivity contribution is 1.11. The largest absolute Gasteiger partial charge is 0.381 e. The zero-order valence-corrected chi connectivity index (χ0v) is 9.95. The van der Waals surface area contributed by atoms with Gasteiger partial charge in [-0.05, 0) is 37.6 Å². The van der Waals surface area contributed by atoms with Crippen LogP contribution < -0.4 is 10.9 Å². The predicted octanol–water partition coefficient (Wildman–Crippen LogP) is 2.18. The Morgan fingerprint density at radius 3 is 2.71 bits per heavy atom. The molecule has 2 rings (SSSR count). The van der Waals surface area contributed by atoms with Crippen LogP contribution in [0.4, 0.5) is 5.69 Å². The lowest BCUT2D eigenvalue weighted by atomic mass is 10.1. The lowest BCUT2D eigenvalue weighted by Gasteiger charge is -2.09. The van der Waals surface area contributed by atoms with Crippen LogP contribution >= 0.6 is 0 Å². The average Bonchev–Trinajstić information content (AvgIpc) is 2.34. The number of pyridine rings is 2. The van der Waals surface area contributed by atoms with E-state index >= 15 is 0 Å². The minimum absolute atomic E-state index is 0.0813. The SMILES string of the molecule is CCNc1cc(-c2ccncc2)c(C)[nH]c1=O. The first-order chi connectivity index (χ1) is 8.22. The molecule has 17 heavy (non-hydrogen) atoms. The van der Waals surface area contributed by atoms with Gasteiger partial charge in [0, 0.05) is 30.2 Å². The molecule has 4 nitrogen and oxygen atoms in total. The minimum Gasteiger partial charge on any atom is -0.381 e. The summed E-state index contributed by atoms with van der Waals surface area (Å²) in [6.07, 6.45) is 3.49. The maximum Gasteiger partial charge on any atom is 0.271 e. The van der Waals surface area contributed by atoms with Gasteiger partial charge in [0.2, 0.25) is 0 Å². The molecule has 88 valence electrons. The number of aryl methyl sites for hydroxylation is 1. The smallest absolute Gasteiger partial charge is 0.271 e. The molecule has 0 aliphatic rings. The Morgan fingerprint density at radius 2 is 2.06 bits per heavy atom. The highest BCUT2D eigenvalue weighted by Gasteiger charge is 2.06. The number of hydrogen-bond donors (Lipinski definition) is 2. The van der Waals surface area contributed by atoms with Gasteiger partial charge in [-0.15, -0.1) is 0 Å². The molecule has 0 aromatic carbocycles. The summed E-state index contributed by atoms with van der Waals surface area (Å²) < 4.78 is 0. The van der Waals surface area contributed by atoms with Crippen molar-refractivity contribution in [3.8, 4) is 11.1 Å². The number of nitrogens with one attached hydrogen (secondary N) is 2. The molecule has 2 aromatic heterocycles. The molecule has 2 heterocycles. The van der Waals surface area contributed by atoms with E-state index in [-0.39, 0.29) is 5.56 Å². The van der Waals surface area contributed by atoms with Gasteiger partial charge in [-0.25, -0.2) is 0 Å². The van der Waals surface area contributed by atoms with Gasteiger partial charge in [-0.1, -0.05) is 0 Å². The fourth-order valence-corrected chi connectivity index (χ4v) is 1.78. The number of anilines is 1. The maximum atomic E-state index is 11.7. The second-order valence-electron chi connectivity index (χ2n) is 3.82. The molecule has 0 bridgehead atoms. The van der Waals surface area contributed by atoms with E-state index in [2.05, 4.69) is 15.3 Å². The van der Waals surface area contributed by atoms with Crippen LogP contribution in [-0.4, -0.2) is 16.5 Å². The van der Waals surface area contributed by atoms with Gasteiger partial charge < -0.3 is 10.3 Å². The van der Waals surface area contributed by atoms with Gasteiger partial charge in [0.25, 0.3) is 5.56 Å². The Bertz CT molecular complexity index is 561. The van der Waals surface area contributed by atoms with Gasteiger partial charge in [0.1, 0.15) is 5.69 Å². The van der Waals surface area contributed by atoms with Crippen molar-refractivity contribution in [3.05, 3.63) is 46.6 Å². The topological polar surface area (TPSA) is 57.8 Å². The van der Waals surface area contributed by atoms with Gasteiger partial charge in [0.05, 0.1) is 0 Å². The Kier molecular flexibility index (Phi) is 3.23. The lowest BCUT2D eigenvalue weighted by Crippen LogP contribution is -2.15. The van der Waals surface area contributed by atoms with E-state index < -0.39 is 0 Å². The summed E-state index contributed by atoms with van der Waals surface area (Å²) in [6, 6.07) is 5.74. The summed E-state index contributed by atoms with van der Waals surface area (Å²) in [5, 5.41) is 3.05. The average molecular weight is 229 g/mol. The molecule has 4 heteroatoms. The minimum atomic E-state index is -0.0813. The summed E-state index contributed by atoms with van der Waals surface area (Å²) in [7, 11) is 0. The van der Waals surface area contributed by atoms with E-state index in [0.717, 1.165) is 23.4 Å². The molecule has 2 aromatic rings. The molecular weight excluding hydrogens is 214 g/mol. The van der Waals surface area contributed by atoms with E-state index in [1.54, 1.807) is 12.4 Å². The summed E-state index contributed by atoms with van der Waals surface area (Å²) >= 11 is 0. The van der Waals surface area contributed by atoms with Crippen molar-refractivity contribution in [2.45, 2.75) is 13.8 Å². The van der Waals surface area contributed by atoms with Crippen molar-refractivity contribution in [3.63, 3.8) is 0 Å². The van der Waals surface area contributed by atoms with E-state index in [1.807, 2.05) is 32.0 Å². The Morgan fingerprint density at radius 1 is 1.35 bits per heavy atom. The summed E-state index contributed by atoms with van der Waals surface area (Å²) in [6.45, 7) is 4.58. The Hall–Kier alpha value is -2.10. The van der Waals surface area contributed by atoms with Crippen LogP contribution in [-0.2, 0) is 0 Å². The second kappa shape index (κ2) is 4.82. The van der Waals surface area contributed by atoms with E-state index in [4.69, 9.17) is 0 Å². The third-order valence-corrected chi connectivity index (χ3v) is 2.60. The molecule has 0 atom stereocenters. The number of aromatic amines is 1. The predicted molar refractivity (Wildman–Crippen MR) is 69.2 cm³/mol. The fourth-order valence-electron chi connectivity index (χ4n) is 1.78. The molecule has 0 unspecified atom stereocenters. The van der Waals surface area contributed by atoms with E-state index in [0.29, 0.717) is 5.69 Å². The van der Waals surface area contributed by atoms with Gasteiger partial charge in [0.15, 0.2) is 0 Å². The fraction of sp³-hybridized carbons (Fsp3) is 0.231. The van der Waals surface area contributed by atoms with Crippen LogP contribution in [0.2, 0.25) is 0 Å². The van der Waals surface area contributed by atoms with Crippen molar-refractivity contribution in [2.75, 3.05) is 11.9 Å². The van der Waals surface area contributed by atoms with Crippen LogP contribution in [0.3, 0.4) is 0 Å². The maximum absolute atomic E-state index is 11.7. The zero-order valence-electron chi connectivity index (χ0n) is 9.95. The highest BCUT2D eigenvalue weighted by Crippen LogP contribution is 2.22. The van der Waals surface area contributed by atoms with Crippen LogP contribution in [0.1, 0.15) is 12.6 Å². The summed E-state index contributed by atoms with van der Waals surface area (Å²) in [5.74, 6) is 0. The molecule has 2 N–H and O–H groups in total.